The van der Waals surface area contributed by atoms with Crippen molar-refractivity contribution in [3.05, 3.63) is 64.2 Å². The fraction of sp³-hybridized carbons (Fsp3) is 0.364. The number of amides is 2. The van der Waals surface area contributed by atoms with Crippen molar-refractivity contribution in [1.29, 1.82) is 0 Å². The standard InChI is InChI=1S/C22H29N3O2/c1-15-10-17(3)22(18(4)11-15)24-21(27)14-25(5)13-20(26)23-12-19-9-7-6-8-16(19)2/h6-11H,12-14H2,1-5H3,(H,23,26)(H,24,27)/p+1. The monoisotopic (exact) mass is 368 g/mol. The molecule has 0 fully saturated rings. The Hall–Kier alpha value is -2.66. The van der Waals surface area contributed by atoms with Gasteiger partial charge in [0.2, 0.25) is 0 Å². The molecule has 0 aromatic heterocycles. The van der Waals surface area contributed by atoms with E-state index in [1.165, 1.54) is 5.56 Å². The average molecular weight is 369 g/mol. The van der Waals surface area contributed by atoms with Crippen molar-refractivity contribution >= 4 is 17.5 Å². The van der Waals surface area contributed by atoms with Crippen molar-refractivity contribution in [3.63, 3.8) is 0 Å². The molecular weight excluding hydrogens is 338 g/mol. The number of carbonyl (C=O) groups is 2. The fourth-order valence-corrected chi connectivity index (χ4v) is 3.24. The highest BCUT2D eigenvalue weighted by Gasteiger charge is 2.16. The van der Waals surface area contributed by atoms with Crippen molar-refractivity contribution in [1.82, 2.24) is 5.32 Å². The topological polar surface area (TPSA) is 62.6 Å². The Labute approximate surface area is 161 Å². The maximum Gasteiger partial charge on any atom is 0.279 e. The summed E-state index contributed by atoms with van der Waals surface area (Å²) in [5, 5.41) is 5.91. The molecule has 5 nitrogen and oxygen atoms in total. The van der Waals surface area contributed by atoms with Crippen molar-refractivity contribution < 1.29 is 14.5 Å². The molecule has 1 unspecified atom stereocenters. The van der Waals surface area contributed by atoms with Crippen molar-refractivity contribution in [2.24, 2.45) is 0 Å². The van der Waals surface area contributed by atoms with Gasteiger partial charge in [-0.15, -0.1) is 0 Å². The highest BCUT2D eigenvalue weighted by atomic mass is 16.2. The second kappa shape index (κ2) is 9.33. The second-order valence-corrected chi connectivity index (χ2v) is 7.34. The van der Waals surface area contributed by atoms with Crippen LogP contribution in [-0.2, 0) is 16.1 Å². The second-order valence-electron chi connectivity index (χ2n) is 7.34. The van der Waals surface area contributed by atoms with Gasteiger partial charge in [-0.2, -0.15) is 0 Å². The van der Waals surface area contributed by atoms with Crippen molar-refractivity contribution in [3.8, 4) is 0 Å². The molecule has 2 amide bonds. The van der Waals surface area contributed by atoms with Crippen LogP contribution in [0, 0.1) is 27.7 Å². The van der Waals surface area contributed by atoms with Gasteiger partial charge in [-0.1, -0.05) is 42.0 Å². The van der Waals surface area contributed by atoms with Gasteiger partial charge in [0.25, 0.3) is 11.8 Å². The summed E-state index contributed by atoms with van der Waals surface area (Å²) in [5.41, 5.74) is 6.40. The smallest absolute Gasteiger partial charge is 0.279 e. The molecule has 2 aromatic carbocycles. The lowest BCUT2D eigenvalue weighted by atomic mass is 10.1. The van der Waals surface area contributed by atoms with E-state index in [4.69, 9.17) is 0 Å². The molecule has 0 radical (unpaired) electrons. The van der Waals surface area contributed by atoms with E-state index in [9.17, 15) is 9.59 Å². The molecule has 0 aliphatic rings. The molecule has 0 heterocycles. The Bertz CT molecular complexity index is 807. The van der Waals surface area contributed by atoms with Crippen LogP contribution >= 0.6 is 0 Å². The number of rotatable bonds is 7. The predicted molar refractivity (Wildman–Crippen MR) is 109 cm³/mol. The molecule has 1 atom stereocenters. The lowest BCUT2D eigenvalue weighted by molar-refractivity contribution is -0.862. The van der Waals surface area contributed by atoms with Gasteiger partial charge in [0, 0.05) is 12.2 Å². The first-order chi connectivity index (χ1) is 12.8. The molecule has 0 saturated heterocycles. The first kappa shape index (κ1) is 20.6. The lowest BCUT2D eigenvalue weighted by Gasteiger charge is -2.16. The van der Waals surface area contributed by atoms with Crippen LogP contribution in [0.3, 0.4) is 0 Å². The maximum atomic E-state index is 12.4. The van der Waals surface area contributed by atoms with E-state index in [0.29, 0.717) is 6.54 Å². The minimum Gasteiger partial charge on any atom is -0.347 e. The minimum absolute atomic E-state index is 0.0637. The summed E-state index contributed by atoms with van der Waals surface area (Å²) >= 11 is 0. The van der Waals surface area contributed by atoms with Gasteiger partial charge >= 0.3 is 0 Å². The fourth-order valence-electron chi connectivity index (χ4n) is 3.24. The summed E-state index contributed by atoms with van der Waals surface area (Å²) in [6.45, 7) is 9.05. The molecule has 27 heavy (non-hydrogen) atoms. The van der Waals surface area contributed by atoms with Crippen LogP contribution in [0.1, 0.15) is 27.8 Å². The van der Waals surface area contributed by atoms with Crippen LogP contribution in [0.2, 0.25) is 0 Å². The summed E-state index contributed by atoms with van der Waals surface area (Å²) in [4.78, 5) is 25.4. The van der Waals surface area contributed by atoms with Gasteiger partial charge in [0.05, 0.1) is 7.05 Å². The van der Waals surface area contributed by atoms with Crippen LogP contribution in [0.5, 0.6) is 0 Å². The van der Waals surface area contributed by atoms with Gasteiger partial charge < -0.3 is 15.5 Å². The average Bonchev–Trinajstić information content (AvgIpc) is 2.57. The molecule has 0 aliphatic carbocycles. The van der Waals surface area contributed by atoms with E-state index in [0.717, 1.165) is 32.8 Å². The maximum absolute atomic E-state index is 12.4. The molecular formula is C22H30N3O2+. The largest absolute Gasteiger partial charge is 0.347 e. The van der Waals surface area contributed by atoms with Crippen molar-refractivity contribution in [2.45, 2.75) is 34.2 Å². The van der Waals surface area contributed by atoms with Gasteiger partial charge in [-0.25, -0.2) is 0 Å². The number of hydrogen-bond acceptors (Lipinski definition) is 2. The molecule has 0 saturated carbocycles. The predicted octanol–water partition coefficient (Wildman–Crippen LogP) is 1.69. The number of aryl methyl sites for hydroxylation is 4. The van der Waals surface area contributed by atoms with Crippen LogP contribution in [0.4, 0.5) is 5.69 Å². The molecule has 0 aliphatic heterocycles. The van der Waals surface area contributed by atoms with E-state index in [2.05, 4.69) is 22.8 Å². The van der Waals surface area contributed by atoms with Gasteiger partial charge in [-0.3, -0.25) is 9.59 Å². The zero-order valence-corrected chi connectivity index (χ0v) is 16.9. The van der Waals surface area contributed by atoms with Gasteiger partial charge in [0.1, 0.15) is 0 Å². The Morgan fingerprint density at radius 2 is 1.48 bits per heavy atom. The summed E-state index contributed by atoms with van der Waals surface area (Å²) in [6, 6.07) is 12.1. The van der Waals surface area contributed by atoms with Gasteiger partial charge in [-0.05, 0) is 49.9 Å². The summed E-state index contributed by atoms with van der Waals surface area (Å²) in [7, 11) is 1.85. The molecule has 5 heteroatoms. The first-order valence-corrected chi connectivity index (χ1v) is 9.26. The van der Waals surface area contributed by atoms with E-state index < -0.39 is 0 Å². The van der Waals surface area contributed by atoms with Crippen LogP contribution in [0.25, 0.3) is 0 Å². The number of quaternary nitrogens is 1. The third kappa shape index (κ3) is 6.22. The third-order valence-corrected chi connectivity index (χ3v) is 4.60. The van der Waals surface area contributed by atoms with Crippen LogP contribution in [-0.4, -0.2) is 32.0 Å². The third-order valence-electron chi connectivity index (χ3n) is 4.60. The molecule has 2 aromatic rings. The number of carbonyl (C=O) groups excluding carboxylic acids is 2. The highest BCUT2D eigenvalue weighted by Crippen LogP contribution is 2.21. The number of likely N-dealkylation sites (N-methyl/N-ethyl adjacent to an activating group) is 1. The quantitative estimate of drug-likeness (QED) is 0.696. The summed E-state index contributed by atoms with van der Waals surface area (Å²) < 4.78 is 0. The zero-order chi connectivity index (χ0) is 20.0. The van der Waals surface area contributed by atoms with E-state index in [-0.39, 0.29) is 24.9 Å². The first-order valence-electron chi connectivity index (χ1n) is 9.26. The van der Waals surface area contributed by atoms with Crippen molar-refractivity contribution in [2.75, 3.05) is 25.5 Å². The Morgan fingerprint density at radius 1 is 0.889 bits per heavy atom. The Morgan fingerprint density at radius 3 is 2.11 bits per heavy atom. The normalized spacial score (nSPS) is 11.7. The molecule has 0 bridgehead atoms. The number of benzene rings is 2. The molecule has 144 valence electrons. The van der Waals surface area contributed by atoms with E-state index in [1.807, 2.05) is 59.0 Å². The number of anilines is 1. The molecule has 2 rings (SSSR count). The van der Waals surface area contributed by atoms with Crippen LogP contribution in [0.15, 0.2) is 36.4 Å². The molecule has 0 spiro atoms. The number of hydrogen-bond donors (Lipinski definition) is 3. The van der Waals surface area contributed by atoms with E-state index >= 15 is 0 Å². The molecule has 3 N–H and O–H groups in total. The van der Waals surface area contributed by atoms with E-state index in [1.54, 1.807) is 0 Å². The summed E-state index contributed by atoms with van der Waals surface area (Å²) in [6.07, 6.45) is 0. The SMILES string of the molecule is Cc1cc(C)c(NC(=O)C[NH+](C)CC(=O)NCc2ccccc2C)c(C)c1. The van der Waals surface area contributed by atoms with Crippen LogP contribution < -0.4 is 15.5 Å². The Kier molecular flexibility index (Phi) is 7.13. The van der Waals surface area contributed by atoms with Gasteiger partial charge in [0.15, 0.2) is 13.1 Å². The highest BCUT2D eigenvalue weighted by molar-refractivity contribution is 5.93. The lowest BCUT2D eigenvalue weighted by Crippen LogP contribution is -3.11. The minimum atomic E-state index is -0.0887. The number of nitrogens with one attached hydrogen (secondary N) is 3. The zero-order valence-electron chi connectivity index (χ0n) is 16.9. The summed E-state index contributed by atoms with van der Waals surface area (Å²) in [5.74, 6) is -0.152. The Balaban J connectivity index is 1.82.